The molecule has 2 heteroatoms. The summed E-state index contributed by atoms with van der Waals surface area (Å²) in [5, 5.41) is 0. The van der Waals surface area contributed by atoms with E-state index in [0.717, 1.165) is 19.1 Å². The zero-order valence-electron chi connectivity index (χ0n) is 9.79. The molecule has 2 N–H and O–H groups in total. The van der Waals surface area contributed by atoms with E-state index in [1.165, 1.54) is 51.4 Å². The van der Waals surface area contributed by atoms with Crippen molar-refractivity contribution in [3.63, 3.8) is 0 Å². The first-order chi connectivity index (χ1) is 7.38. The molecule has 1 aliphatic heterocycles. The quantitative estimate of drug-likeness (QED) is 0.713. The Balaban J connectivity index is 1.83. The van der Waals surface area contributed by atoms with Gasteiger partial charge in [-0.15, -0.1) is 0 Å². The summed E-state index contributed by atoms with van der Waals surface area (Å²) in [7, 11) is 0. The van der Waals surface area contributed by atoms with Gasteiger partial charge in [-0.1, -0.05) is 25.7 Å². The second-order valence-electron chi connectivity index (χ2n) is 5.31. The third kappa shape index (κ3) is 3.18. The van der Waals surface area contributed by atoms with Crippen molar-refractivity contribution in [3.8, 4) is 0 Å². The number of nitrogens with two attached hydrogens (primary N) is 1. The molecule has 15 heavy (non-hydrogen) atoms. The highest BCUT2D eigenvalue weighted by atomic mass is 16.5. The monoisotopic (exact) mass is 211 g/mol. The highest BCUT2D eigenvalue weighted by molar-refractivity contribution is 4.82. The van der Waals surface area contributed by atoms with E-state index in [4.69, 9.17) is 10.5 Å². The van der Waals surface area contributed by atoms with Gasteiger partial charge >= 0.3 is 0 Å². The fourth-order valence-corrected chi connectivity index (χ4v) is 3.15. The van der Waals surface area contributed by atoms with Gasteiger partial charge in [-0.05, 0) is 37.5 Å². The number of hydrogen-bond donors (Lipinski definition) is 1. The van der Waals surface area contributed by atoms with Crippen molar-refractivity contribution < 1.29 is 4.74 Å². The van der Waals surface area contributed by atoms with Gasteiger partial charge in [0.25, 0.3) is 0 Å². The van der Waals surface area contributed by atoms with Gasteiger partial charge in [0.1, 0.15) is 0 Å². The zero-order chi connectivity index (χ0) is 10.5. The summed E-state index contributed by atoms with van der Waals surface area (Å²) in [5.41, 5.74) is 6.41. The van der Waals surface area contributed by atoms with Crippen LogP contribution in [0.15, 0.2) is 0 Å². The standard InChI is InChI=1S/C13H25NO/c14-13(12-8-5-9-15-10-12)11-6-3-1-2-4-7-11/h11-13H,1-10,14H2. The summed E-state index contributed by atoms with van der Waals surface area (Å²) >= 11 is 0. The van der Waals surface area contributed by atoms with Gasteiger partial charge < -0.3 is 10.5 Å². The molecule has 1 saturated carbocycles. The van der Waals surface area contributed by atoms with Crippen LogP contribution in [-0.2, 0) is 4.74 Å². The van der Waals surface area contributed by atoms with Gasteiger partial charge in [0, 0.05) is 12.6 Å². The summed E-state index contributed by atoms with van der Waals surface area (Å²) in [6.45, 7) is 1.87. The Hall–Kier alpha value is -0.0800. The highest BCUT2D eigenvalue weighted by Gasteiger charge is 2.28. The minimum absolute atomic E-state index is 0.406. The highest BCUT2D eigenvalue weighted by Crippen LogP contribution is 2.30. The molecule has 2 atom stereocenters. The summed E-state index contributed by atoms with van der Waals surface area (Å²) < 4.78 is 5.55. The van der Waals surface area contributed by atoms with Crippen LogP contribution in [-0.4, -0.2) is 19.3 Å². The van der Waals surface area contributed by atoms with Crippen LogP contribution in [0.1, 0.15) is 51.4 Å². The third-order valence-corrected chi connectivity index (χ3v) is 4.18. The fraction of sp³-hybridized carbons (Fsp3) is 1.00. The minimum Gasteiger partial charge on any atom is -0.381 e. The van der Waals surface area contributed by atoms with Gasteiger partial charge in [-0.3, -0.25) is 0 Å². The van der Waals surface area contributed by atoms with Crippen molar-refractivity contribution in [1.82, 2.24) is 0 Å². The molecule has 2 aliphatic rings. The largest absolute Gasteiger partial charge is 0.381 e. The fourth-order valence-electron chi connectivity index (χ4n) is 3.15. The molecule has 0 aromatic rings. The molecule has 2 fully saturated rings. The van der Waals surface area contributed by atoms with Crippen LogP contribution in [0.5, 0.6) is 0 Å². The van der Waals surface area contributed by atoms with Crippen molar-refractivity contribution in [2.75, 3.05) is 13.2 Å². The normalized spacial score (nSPS) is 32.2. The predicted molar refractivity (Wildman–Crippen MR) is 62.7 cm³/mol. The zero-order valence-corrected chi connectivity index (χ0v) is 9.79. The molecule has 1 saturated heterocycles. The van der Waals surface area contributed by atoms with E-state index in [-0.39, 0.29) is 0 Å². The molecule has 0 amide bonds. The topological polar surface area (TPSA) is 35.2 Å². The average molecular weight is 211 g/mol. The van der Waals surface area contributed by atoms with E-state index >= 15 is 0 Å². The van der Waals surface area contributed by atoms with Crippen molar-refractivity contribution in [2.24, 2.45) is 17.6 Å². The predicted octanol–water partition coefficient (Wildman–Crippen LogP) is 2.71. The molecule has 88 valence electrons. The van der Waals surface area contributed by atoms with E-state index in [1.807, 2.05) is 0 Å². The van der Waals surface area contributed by atoms with Gasteiger partial charge in [-0.2, -0.15) is 0 Å². The van der Waals surface area contributed by atoms with Crippen LogP contribution in [0, 0.1) is 11.8 Å². The van der Waals surface area contributed by atoms with Gasteiger partial charge in [0.05, 0.1) is 6.61 Å². The average Bonchev–Trinajstić information content (AvgIpc) is 2.58. The molecule has 0 aromatic carbocycles. The van der Waals surface area contributed by atoms with Crippen molar-refractivity contribution in [1.29, 1.82) is 0 Å². The lowest BCUT2D eigenvalue weighted by molar-refractivity contribution is 0.0347. The molecule has 0 radical (unpaired) electrons. The van der Waals surface area contributed by atoms with Crippen LogP contribution >= 0.6 is 0 Å². The maximum Gasteiger partial charge on any atom is 0.0509 e. The molecule has 0 spiro atoms. The first-order valence-corrected chi connectivity index (χ1v) is 6.71. The van der Waals surface area contributed by atoms with Crippen LogP contribution in [0.3, 0.4) is 0 Å². The third-order valence-electron chi connectivity index (χ3n) is 4.18. The maximum atomic E-state index is 6.41. The smallest absolute Gasteiger partial charge is 0.0509 e. The Labute approximate surface area is 93.6 Å². The first-order valence-electron chi connectivity index (χ1n) is 6.71. The molecule has 0 bridgehead atoms. The molecule has 2 rings (SSSR count). The van der Waals surface area contributed by atoms with Crippen molar-refractivity contribution >= 4 is 0 Å². The number of ether oxygens (including phenoxy) is 1. The summed E-state index contributed by atoms with van der Waals surface area (Å²) in [6, 6.07) is 0.406. The lowest BCUT2D eigenvalue weighted by Crippen LogP contribution is -2.41. The molecule has 2 nitrogen and oxygen atoms in total. The lowest BCUT2D eigenvalue weighted by atomic mass is 9.82. The van der Waals surface area contributed by atoms with Gasteiger partial charge in [0.15, 0.2) is 0 Å². The van der Waals surface area contributed by atoms with E-state index in [1.54, 1.807) is 0 Å². The van der Waals surface area contributed by atoms with E-state index in [9.17, 15) is 0 Å². The Morgan fingerprint density at radius 1 is 0.867 bits per heavy atom. The minimum atomic E-state index is 0.406. The lowest BCUT2D eigenvalue weighted by Gasteiger charge is -2.32. The van der Waals surface area contributed by atoms with E-state index in [0.29, 0.717) is 12.0 Å². The van der Waals surface area contributed by atoms with Crippen LogP contribution < -0.4 is 5.73 Å². The van der Waals surface area contributed by atoms with Crippen molar-refractivity contribution in [3.05, 3.63) is 0 Å². The Morgan fingerprint density at radius 2 is 1.53 bits per heavy atom. The van der Waals surface area contributed by atoms with E-state index < -0.39 is 0 Å². The van der Waals surface area contributed by atoms with Crippen LogP contribution in [0.2, 0.25) is 0 Å². The molecule has 1 aliphatic carbocycles. The molecular weight excluding hydrogens is 186 g/mol. The summed E-state index contributed by atoms with van der Waals surface area (Å²) in [5.74, 6) is 1.42. The number of rotatable bonds is 2. The maximum absolute atomic E-state index is 6.41. The first kappa shape index (κ1) is 11.4. The Morgan fingerprint density at radius 3 is 2.13 bits per heavy atom. The van der Waals surface area contributed by atoms with Crippen LogP contribution in [0.4, 0.5) is 0 Å². The Kier molecular flexibility index (Phi) is 4.45. The van der Waals surface area contributed by atoms with Crippen molar-refractivity contribution in [2.45, 2.75) is 57.4 Å². The van der Waals surface area contributed by atoms with Gasteiger partial charge in [-0.25, -0.2) is 0 Å². The van der Waals surface area contributed by atoms with Crippen LogP contribution in [0.25, 0.3) is 0 Å². The number of hydrogen-bond acceptors (Lipinski definition) is 2. The summed E-state index contributed by atoms with van der Waals surface area (Å²) in [4.78, 5) is 0. The molecule has 2 unspecified atom stereocenters. The van der Waals surface area contributed by atoms with E-state index in [2.05, 4.69) is 0 Å². The molecule has 0 aromatic heterocycles. The summed E-state index contributed by atoms with van der Waals surface area (Å²) in [6.07, 6.45) is 10.9. The molecular formula is C13H25NO. The Bertz CT molecular complexity index is 169. The van der Waals surface area contributed by atoms with Gasteiger partial charge in [0.2, 0.25) is 0 Å². The SMILES string of the molecule is NC(C1CCCCCC1)C1CCCOC1. The second kappa shape index (κ2) is 5.86. The second-order valence-corrected chi connectivity index (χ2v) is 5.31. The molecule has 1 heterocycles.